The molecule has 1 atom stereocenters. The van der Waals surface area contributed by atoms with Gasteiger partial charge in [-0.25, -0.2) is 0 Å². The van der Waals surface area contributed by atoms with Crippen LogP contribution in [0, 0.1) is 0 Å². The van der Waals surface area contributed by atoms with Crippen molar-refractivity contribution in [2.45, 2.75) is 4.83 Å². The Morgan fingerprint density at radius 2 is 2.00 bits per heavy atom. The van der Waals surface area contributed by atoms with E-state index < -0.39 is 0 Å². The monoisotopic (exact) mass is 365 g/mol. The van der Waals surface area contributed by atoms with Gasteiger partial charge in [-0.1, -0.05) is 45.7 Å². The van der Waals surface area contributed by atoms with E-state index in [4.69, 9.17) is 16.3 Å². The van der Waals surface area contributed by atoms with Crippen LogP contribution < -0.4 is 10.1 Å². The highest BCUT2D eigenvalue weighted by Gasteiger charge is 2.19. The summed E-state index contributed by atoms with van der Waals surface area (Å²) in [6.45, 7) is 1.01. The minimum absolute atomic E-state index is 0.0300. The number of ether oxygens (including phenoxy) is 1. The molecule has 1 aliphatic rings. The fraction of sp³-hybridized carbons (Fsp3) is 0.188. The molecule has 2 aromatic rings. The highest BCUT2D eigenvalue weighted by molar-refractivity contribution is 9.09. The van der Waals surface area contributed by atoms with Crippen LogP contribution in [0.2, 0.25) is 5.02 Å². The fourth-order valence-corrected chi connectivity index (χ4v) is 3.05. The molecule has 2 aromatic carbocycles. The van der Waals surface area contributed by atoms with Crippen LogP contribution in [0.25, 0.3) is 0 Å². The minimum atomic E-state index is -0.102. The van der Waals surface area contributed by atoms with Gasteiger partial charge in [0.15, 0.2) is 0 Å². The van der Waals surface area contributed by atoms with Gasteiger partial charge in [-0.2, -0.15) is 0 Å². The molecule has 1 heterocycles. The molecule has 3 rings (SSSR count). The lowest BCUT2D eigenvalue weighted by atomic mass is 10.0. The van der Waals surface area contributed by atoms with E-state index >= 15 is 0 Å². The number of fused-ring (bicyclic) bond motifs is 1. The van der Waals surface area contributed by atoms with Gasteiger partial charge in [0.1, 0.15) is 12.4 Å². The smallest absolute Gasteiger partial charge is 0.255 e. The summed E-state index contributed by atoms with van der Waals surface area (Å²) in [5.41, 5.74) is 2.59. The van der Waals surface area contributed by atoms with Crippen molar-refractivity contribution in [2.75, 3.05) is 13.2 Å². The molecule has 1 unspecified atom stereocenters. The fourth-order valence-electron chi connectivity index (χ4n) is 2.29. The lowest BCUT2D eigenvalue weighted by Crippen LogP contribution is -2.24. The maximum absolute atomic E-state index is 12.0. The van der Waals surface area contributed by atoms with Crippen LogP contribution in [0.5, 0.6) is 5.75 Å². The Morgan fingerprint density at radius 3 is 2.81 bits per heavy atom. The molecule has 5 heteroatoms. The van der Waals surface area contributed by atoms with Crippen molar-refractivity contribution >= 4 is 33.4 Å². The second-order valence-corrected chi connectivity index (χ2v) is 6.13. The Bertz CT molecular complexity index is 690. The maximum Gasteiger partial charge on any atom is 0.255 e. The van der Waals surface area contributed by atoms with Crippen LogP contribution in [-0.4, -0.2) is 19.1 Å². The maximum atomic E-state index is 12.0. The van der Waals surface area contributed by atoms with Gasteiger partial charge in [-0.05, 0) is 35.4 Å². The summed E-state index contributed by atoms with van der Waals surface area (Å²) in [6.07, 6.45) is 0. The molecule has 0 saturated heterocycles. The van der Waals surface area contributed by atoms with Gasteiger partial charge in [-0.3, -0.25) is 4.79 Å². The highest BCUT2D eigenvalue weighted by atomic mass is 79.9. The zero-order valence-corrected chi connectivity index (χ0v) is 13.4. The highest BCUT2D eigenvalue weighted by Crippen LogP contribution is 2.34. The number of hydrogen-bond acceptors (Lipinski definition) is 2. The molecular formula is C16H13BrClNO2. The Kier molecular flexibility index (Phi) is 4.17. The topological polar surface area (TPSA) is 38.3 Å². The van der Waals surface area contributed by atoms with E-state index in [1.807, 2.05) is 42.5 Å². The largest absolute Gasteiger partial charge is 0.491 e. The lowest BCUT2D eigenvalue weighted by molar-refractivity contribution is 0.0957. The van der Waals surface area contributed by atoms with Crippen molar-refractivity contribution in [3.63, 3.8) is 0 Å². The molecule has 0 spiro atoms. The van der Waals surface area contributed by atoms with E-state index in [1.54, 1.807) is 0 Å². The standard InChI is InChI=1S/C16H13BrClNO2/c17-15(10-2-1-3-12(18)8-10)11-4-5-14-13(9-11)16(20)19-6-7-21-14/h1-5,8-9,15H,6-7H2,(H,19,20). The molecule has 21 heavy (non-hydrogen) atoms. The van der Waals surface area contributed by atoms with Crippen LogP contribution in [0.3, 0.4) is 0 Å². The van der Waals surface area contributed by atoms with Crippen LogP contribution in [-0.2, 0) is 0 Å². The molecule has 0 bridgehead atoms. The zero-order chi connectivity index (χ0) is 14.8. The number of hydrogen-bond donors (Lipinski definition) is 1. The lowest BCUT2D eigenvalue weighted by Gasteiger charge is -2.13. The van der Waals surface area contributed by atoms with Gasteiger partial charge in [-0.15, -0.1) is 0 Å². The van der Waals surface area contributed by atoms with E-state index in [0.29, 0.717) is 29.5 Å². The first kappa shape index (κ1) is 14.4. The van der Waals surface area contributed by atoms with E-state index in [-0.39, 0.29) is 10.7 Å². The first-order chi connectivity index (χ1) is 10.1. The summed E-state index contributed by atoms with van der Waals surface area (Å²) in [5, 5.41) is 3.50. The number of alkyl halides is 1. The number of nitrogens with one attached hydrogen (secondary N) is 1. The normalized spacial score (nSPS) is 15.4. The van der Waals surface area contributed by atoms with Gasteiger partial charge >= 0.3 is 0 Å². The molecule has 3 nitrogen and oxygen atoms in total. The number of amides is 1. The van der Waals surface area contributed by atoms with E-state index in [0.717, 1.165) is 11.1 Å². The van der Waals surface area contributed by atoms with E-state index in [9.17, 15) is 4.79 Å². The first-order valence-electron chi connectivity index (χ1n) is 6.59. The molecule has 0 radical (unpaired) electrons. The summed E-state index contributed by atoms with van der Waals surface area (Å²) in [7, 11) is 0. The summed E-state index contributed by atoms with van der Waals surface area (Å²) in [5.74, 6) is 0.523. The predicted molar refractivity (Wildman–Crippen MR) is 86.5 cm³/mol. The number of halogens is 2. The number of rotatable bonds is 2. The average Bonchev–Trinajstić information content (AvgIpc) is 2.68. The number of carbonyl (C=O) groups is 1. The quantitative estimate of drug-likeness (QED) is 0.817. The van der Waals surface area contributed by atoms with Crippen molar-refractivity contribution in [3.8, 4) is 5.75 Å². The van der Waals surface area contributed by atoms with Gasteiger partial charge in [0.25, 0.3) is 5.91 Å². The van der Waals surface area contributed by atoms with E-state index in [2.05, 4.69) is 21.2 Å². The Hall–Kier alpha value is -1.52. The van der Waals surface area contributed by atoms with Crippen LogP contribution in [0.15, 0.2) is 42.5 Å². The molecule has 1 N–H and O–H groups in total. The third-order valence-electron chi connectivity index (χ3n) is 3.33. The van der Waals surface area contributed by atoms with Crippen molar-refractivity contribution in [2.24, 2.45) is 0 Å². The summed E-state index contributed by atoms with van der Waals surface area (Å²) in [4.78, 5) is 12.0. The Morgan fingerprint density at radius 1 is 1.19 bits per heavy atom. The Balaban J connectivity index is 1.98. The average molecular weight is 367 g/mol. The third-order valence-corrected chi connectivity index (χ3v) is 4.62. The Labute approximate surface area is 136 Å². The van der Waals surface area contributed by atoms with Crippen molar-refractivity contribution in [3.05, 3.63) is 64.2 Å². The van der Waals surface area contributed by atoms with Crippen LogP contribution in [0.4, 0.5) is 0 Å². The van der Waals surface area contributed by atoms with Crippen LogP contribution in [0.1, 0.15) is 26.3 Å². The van der Waals surface area contributed by atoms with Crippen LogP contribution >= 0.6 is 27.5 Å². The van der Waals surface area contributed by atoms with Gasteiger partial charge in [0.05, 0.1) is 16.9 Å². The summed E-state index contributed by atoms with van der Waals surface area (Å²) in [6, 6.07) is 13.3. The molecule has 1 amide bonds. The molecule has 0 fully saturated rings. The van der Waals surface area contributed by atoms with Gasteiger partial charge in [0.2, 0.25) is 0 Å². The van der Waals surface area contributed by atoms with Gasteiger partial charge < -0.3 is 10.1 Å². The van der Waals surface area contributed by atoms with Crippen molar-refractivity contribution < 1.29 is 9.53 Å². The third kappa shape index (κ3) is 3.06. The molecule has 0 aromatic heterocycles. The molecular weight excluding hydrogens is 354 g/mol. The molecule has 0 saturated carbocycles. The molecule has 0 aliphatic carbocycles. The number of benzene rings is 2. The van der Waals surface area contributed by atoms with E-state index in [1.165, 1.54) is 0 Å². The van der Waals surface area contributed by atoms with Gasteiger partial charge in [0, 0.05) is 5.02 Å². The molecule has 1 aliphatic heterocycles. The number of carbonyl (C=O) groups excluding carboxylic acids is 1. The predicted octanol–water partition coefficient (Wildman–Crippen LogP) is 3.95. The second-order valence-electron chi connectivity index (χ2n) is 4.78. The van der Waals surface area contributed by atoms with Crippen molar-refractivity contribution in [1.82, 2.24) is 5.32 Å². The second kappa shape index (κ2) is 6.08. The zero-order valence-electron chi connectivity index (χ0n) is 11.1. The van der Waals surface area contributed by atoms with Crippen molar-refractivity contribution in [1.29, 1.82) is 0 Å². The SMILES string of the molecule is O=C1NCCOc2ccc(C(Br)c3cccc(Cl)c3)cc21. The first-order valence-corrected chi connectivity index (χ1v) is 7.89. The summed E-state index contributed by atoms with van der Waals surface area (Å²) >= 11 is 9.70. The summed E-state index contributed by atoms with van der Waals surface area (Å²) < 4.78 is 5.56. The minimum Gasteiger partial charge on any atom is -0.491 e. The molecule has 108 valence electrons.